The summed E-state index contributed by atoms with van der Waals surface area (Å²) in [6.07, 6.45) is -0.451. The third-order valence-corrected chi connectivity index (χ3v) is 9.25. The summed E-state index contributed by atoms with van der Waals surface area (Å²) < 4.78 is 11.6. The number of rotatable bonds is 5. The van der Waals surface area contributed by atoms with Gasteiger partial charge in [-0.05, 0) is 31.0 Å². The Balaban J connectivity index is 3.10. The molecule has 0 aliphatic carbocycles. The van der Waals surface area contributed by atoms with Gasteiger partial charge in [0.1, 0.15) is 0 Å². The molecular weight excluding hydrogens is 298 g/mol. The van der Waals surface area contributed by atoms with Gasteiger partial charge in [-0.3, -0.25) is 4.79 Å². The summed E-state index contributed by atoms with van der Waals surface area (Å²) in [6.45, 7) is 16.7. The molecule has 1 saturated heterocycles. The molecule has 0 aromatic heterocycles. The van der Waals surface area contributed by atoms with E-state index in [2.05, 4.69) is 39.2 Å². The van der Waals surface area contributed by atoms with Crippen molar-refractivity contribution in [2.24, 2.45) is 11.8 Å². The lowest BCUT2D eigenvalue weighted by molar-refractivity contribution is -0.147. The van der Waals surface area contributed by atoms with Gasteiger partial charge in [0.15, 0.2) is 14.4 Å². The maximum atomic E-state index is 12.3. The minimum Gasteiger partial charge on any atom is -0.464 e. The van der Waals surface area contributed by atoms with Crippen molar-refractivity contribution in [2.45, 2.75) is 71.8 Å². The number of nitrogens with one attached hydrogen (secondary N) is 1. The predicted octanol–water partition coefficient (Wildman–Crippen LogP) is 2.71. The van der Waals surface area contributed by atoms with Crippen LogP contribution in [-0.4, -0.2) is 38.9 Å². The molecule has 1 aliphatic heterocycles. The Morgan fingerprint density at radius 3 is 2.27 bits per heavy atom. The molecule has 1 N–H and O–H groups in total. The highest BCUT2D eigenvalue weighted by atomic mass is 28.4. The van der Waals surface area contributed by atoms with Gasteiger partial charge in [-0.1, -0.05) is 34.6 Å². The predicted molar refractivity (Wildman–Crippen MR) is 89.0 cm³/mol. The summed E-state index contributed by atoms with van der Waals surface area (Å²) in [6, 6.07) is -0.700. The van der Waals surface area contributed by atoms with E-state index in [0.717, 1.165) is 0 Å². The number of ether oxygens (including phenoxy) is 1. The number of esters is 1. The van der Waals surface area contributed by atoms with E-state index in [-0.39, 0.29) is 22.8 Å². The van der Waals surface area contributed by atoms with E-state index in [1.165, 1.54) is 0 Å². The Hall–Kier alpha value is -0.883. The number of amides is 1. The van der Waals surface area contributed by atoms with Crippen molar-refractivity contribution >= 4 is 20.2 Å². The van der Waals surface area contributed by atoms with E-state index in [1.54, 1.807) is 6.92 Å². The van der Waals surface area contributed by atoms with Crippen LogP contribution >= 0.6 is 0 Å². The summed E-state index contributed by atoms with van der Waals surface area (Å²) in [5.74, 6) is -0.725. The van der Waals surface area contributed by atoms with Crippen LogP contribution in [-0.2, 0) is 18.8 Å². The van der Waals surface area contributed by atoms with Gasteiger partial charge in [-0.25, -0.2) is 4.79 Å². The first-order chi connectivity index (χ1) is 9.92. The minimum absolute atomic E-state index is 0.0133. The van der Waals surface area contributed by atoms with Crippen molar-refractivity contribution in [3.05, 3.63) is 0 Å². The molecular formula is C16H31NO4Si. The lowest BCUT2D eigenvalue weighted by Crippen LogP contribution is -2.51. The molecule has 0 radical (unpaired) electrons. The molecule has 0 aromatic carbocycles. The van der Waals surface area contributed by atoms with Crippen LogP contribution in [0.2, 0.25) is 18.1 Å². The van der Waals surface area contributed by atoms with Crippen molar-refractivity contribution in [1.29, 1.82) is 0 Å². The lowest BCUT2D eigenvalue weighted by atomic mass is 9.90. The quantitative estimate of drug-likeness (QED) is 0.622. The fraction of sp³-hybridized carbons (Fsp3) is 0.875. The SMILES string of the molecule is CCOC(=O)[C@H]1NC(=O)[C@H](C(C)C)[C@H]1O[Si](C)(C)C(C)(C)C. The average molecular weight is 330 g/mol. The molecule has 1 amide bonds. The minimum atomic E-state index is -2.10. The third kappa shape index (κ3) is 3.90. The van der Waals surface area contributed by atoms with Crippen molar-refractivity contribution in [3.63, 3.8) is 0 Å². The van der Waals surface area contributed by atoms with Crippen LogP contribution in [0.25, 0.3) is 0 Å². The van der Waals surface area contributed by atoms with Gasteiger partial charge in [0.2, 0.25) is 5.91 Å². The zero-order valence-electron chi connectivity index (χ0n) is 15.1. The van der Waals surface area contributed by atoms with Crippen LogP contribution in [0.1, 0.15) is 41.5 Å². The highest BCUT2D eigenvalue weighted by Gasteiger charge is 2.52. The van der Waals surface area contributed by atoms with Crippen LogP contribution in [0, 0.1) is 11.8 Å². The molecule has 128 valence electrons. The molecule has 0 unspecified atom stereocenters. The maximum absolute atomic E-state index is 12.3. The van der Waals surface area contributed by atoms with Gasteiger partial charge in [0.05, 0.1) is 18.6 Å². The molecule has 1 fully saturated rings. The maximum Gasteiger partial charge on any atom is 0.331 e. The fourth-order valence-electron chi connectivity index (χ4n) is 2.45. The first-order valence-electron chi connectivity index (χ1n) is 8.07. The normalized spacial score (nSPS) is 26.2. The summed E-state index contributed by atoms with van der Waals surface area (Å²) in [5.41, 5.74) is 0. The van der Waals surface area contributed by atoms with Gasteiger partial charge in [-0.15, -0.1) is 0 Å². The molecule has 0 bridgehead atoms. The Morgan fingerprint density at radius 2 is 1.86 bits per heavy atom. The molecule has 3 atom stereocenters. The average Bonchev–Trinajstić information content (AvgIpc) is 2.64. The van der Waals surface area contributed by atoms with Gasteiger partial charge in [0, 0.05) is 0 Å². The number of carbonyl (C=O) groups is 2. The van der Waals surface area contributed by atoms with E-state index in [4.69, 9.17) is 9.16 Å². The standard InChI is InChI=1S/C16H31NO4Si/c1-9-20-15(19)12-13(11(10(2)3)14(18)17-12)21-22(7,8)16(4,5)6/h10-13H,9H2,1-8H3,(H,17,18)/t11-,12+,13-/m1/s1. The van der Waals surface area contributed by atoms with Gasteiger partial charge >= 0.3 is 5.97 Å². The molecule has 1 aliphatic rings. The second-order valence-electron chi connectivity index (χ2n) is 7.85. The largest absolute Gasteiger partial charge is 0.464 e. The molecule has 1 heterocycles. The molecule has 5 nitrogen and oxygen atoms in total. The Labute approximate surface area is 135 Å². The molecule has 22 heavy (non-hydrogen) atoms. The fourth-order valence-corrected chi connectivity index (χ4v) is 3.77. The summed E-state index contributed by atoms with van der Waals surface area (Å²) in [4.78, 5) is 24.5. The lowest BCUT2D eigenvalue weighted by Gasteiger charge is -2.40. The van der Waals surface area contributed by atoms with E-state index in [1.807, 2.05) is 13.8 Å². The summed E-state index contributed by atoms with van der Waals surface area (Å²) in [7, 11) is -2.10. The highest BCUT2D eigenvalue weighted by Crippen LogP contribution is 2.40. The van der Waals surface area contributed by atoms with Crippen LogP contribution in [0.3, 0.4) is 0 Å². The highest BCUT2D eigenvalue weighted by molar-refractivity contribution is 6.74. The van der Waals surface area contributed by atoms with Crippen molar-refractivity contribution in [2.75, 3.05) is 6.61 Å². The van der Waals surface area contributed by atoms with E-state index >= 15 is 0 Å². The van der Waals surface area contributed by atoms with Gasteiger partial charge < -0.3 is 14.5 Å². The first-order valence-corrected chi connectivity index (χ1v) is 11.0. The Morgan fingerprint density at radius 1 is 1.32 bits per heavy atom. The third-order valence-electron chi connectivity index (χ3n) is 4.78. The van der Waals surface area contributed by atoms with Crippen LogP contribution in [0.5, 0.6) is 0 Å². The van der Waals surface area contributed by atoms with Crippen molar-refractivity contribution in [1.82, 2.24) is 5.32 Å². The zero-order chi connectivity index (χ0) is 17.3. The topological polar surface area (TPSA) is 64.6 Å². The monoisotopic (exact) mass is 329 g/mol. The smallest absolute Gasteiger partial charge is 0.331 e. The number of hydrogen-bond acceptors (Lipinski definition) is 4. The van der Waals surface area contributed by atoms with Crippen LogP contribution in [0.15, 0.2) is 0 Å². The van der Waals surface area contributed by atoms with Gasteiger partial charge in [0.25, 0.3) is 0 Å². The van der Waals surface area contributed by atoms with Crippen molar-refractivity contribution < 1.29 is 18.8 Å². The number of hydrogen-bond donors (Lipinski definition) is 1. The van der Waals surface area contributed by atoms with Crippen molar-refractivity contribution in [3.8, 4) is 0 Å². The zero-order valence-corrected chi connectivity index (χ0v) is 16.1. The summed E-state index contributed by atoms with van der Waals surface area (Å²) in [5, 5.41) is 2.79. The molecule has 0 aromatic rings. The van der Waals surface area contributed by atoms with E-state index < -0.39 is 26.4 Å². The molecule has 0 spiro atoms. The van der Waals surface area contributed by atoms with E-state index in [0.29, 0.717) is 6.61 Å². The molecule has 6 heteroatoms. The molecule has 0 saturated carbocycles. The molecule has 1 rings (SSSR count). The second-order valence-corrected chi connectivity index (χ2v) is 12.6. The summed E-state index contributed by atoms with van der Waals surface area (Å²) >= 11 is 0. The van der Waals surface area contributed by atoms with Crippen LogP contribution in [0.4, 0.5) is 0 Å². The van der Waals surface area contributed by atoms with Gasteiger partial charge in [-0.2, -0.15) is 0 Å². The second kappa shape index (κ2) is 6.70. The Bertz CT molecular complexity index is 428. The van der Waals surface area contributed by atoms with E-state index in [9.17, 15) is 9.59 Å². The number of carbonyl (C=O) groups excluding carboxylic acids is 2. The van der Waals surface area contributed by atoms with Crippen LogP contribution < -0.4 is 5.32 Å². The Kier molecular flexibility index (Phi) is 5.84. The first kappa shape index (κ1) is 19.2.